The van der Waals surface area contributed by atoms with E-state index >= 15 is 0 Å². The second-order valence-electron chi connectivity index (χ2n) is 6.29. The van der Waals surface area contributed by atoms with Gasteiger partial charge in [0.05, 0.1) is 11.3 Å². The number of phenols is 1. The molecule has 3 aromatic rings. The molecule has 4 N–H and O–H groups in total. The molecule has 0 saturated heterocycles. The number of rotatable bonds is 3. The van der Waals surface area contributed by atoms with Crippen molar-refractivity contribution >= 4 is 5.84 Å². The van der Waals surface area contributed by atoms with Crippen molar-refractivity contribution in [3.63, 3.8) is 0 Å². The lowest BCUT2D eigenvalue weighted by atomic mass is 9.87. The summed E-state index contributed by atoms with van der Waals surface area (Å²) in [5.74, 6) is -1.71. The van der Waals surface area contributed by atoms with Gasteiger partial charge in [-0.25, -0.2) is 4.39 Å². The minimum Gasteiger partial charge on any atom is -0.508 e. The summed E-state index contributed by atoms with van der Waals surface area (Å²) in [7, 11) is 0. The topological polar surface area (TPSA) is 105 Å². The number of alkyl halides is 3. The highest BCUT2D eigenvalue weighted by molar-refractivity contribution is 6.07. The highest BCUT2D eigenvalue weighted by atomic mass is 19.4. The van der Waals surface area contributed by atoms with E-state index in [1.807, 2.05) is 0 Å². The number of hydrogen-bond donors (Lipinski definition) is 3. The van der Waals surface area contributed by atoms with E-state index in [4.69, 9.17) is 15.5 Å². The first-order valence-electron chi connectivity index (χ1n) is 8.19. The summed E-state index contributed by atoms with van der Waals surface area (Å²) >= 11 is 0. The van der Waals surface area contributed by atoms with E-state index in [0.717, 1.165) is 24.3 Å². The molecule has 3 rings (SSSR count). The van der Waals surface area contributed by atoms with Crippen molar-refractivity contribution in [2.45, 2.75) is 20.0 Å². The minimum absolute atomic E-state index is 0.0501. The van der Waals surface area contributed by atoms with Crippen molar-refractivity contribution in [3.8, 4) is 28.0 Å². The maximum Gasteiger partial charge on any atom is 0.416 e. The largest absolute Gasteiger partial charge is 0.508 e. The zero-order chi connectivity index (χ0) is 21.5. The van der Waals surface area contributed by atoms with Crippen LogP contribution in [0, 0.1) is 19.7 Å². The number of hydrogen-bond acceptors (Lipinski definition) is 5. The Labute approximate surface area is 161 Å². The van der Waals surface area contributed by atoms with Crippen LogP contribution in [0.2, 0.25) is 0 Å². The van der Waals surface area contributed by atoms with Gasteiger partial charge in [-0.05, 0) is 43.7 Å². The monoisotopic (exact) mass is 409 g/mol. The number of nitrogens with zero attached hydrogens (tertiary/aromatic N) is 2. The number of aromatic hydroxyl groups is 1. The van der Waals surface area contributed by atoms with Crippen LogP contribution in [0.3, 0.4) is 0 Å². The van der Waals surface area contributed by atoms with Gasteiger partial charge in [0.1, 0.15) is 17.3 Å². The molecule has 1 heterocycles. The molecular weight excluding hydrogens is 394 g/mol. The van der Waals surface area contributed by atoms with E-state index in [0.29, 0.717) is 11.8 Å². The van der Waals surface area contributed by atoms with Gasteiger partial charge in [0, 0.05) is 28.3 Å². The summed E-state index contributed by atoms with van der Waals surface area (Å²) in [6.07, 6.45) is -4.79. The average Bonchev–Trinajstić information content (AvgIpc) is 2.97. The fourth-order valence-corrected chi connectivity index (χ4v) is 3.11. The SMILES string of the molecule is Cc1noc(C)c1-c1c(/C(N)=N/O)cc(C(F)(F)F)cc1-c1ccc(O)cc1F. The van der Waals surface area contributed by atoms with Crippen molar-refractivity contribution in [2.24, 2.45) is 10.9 Å². The third-order valence-corrected chi connectivity index (χ3v) is 4.38. The molecule has 0 fully saturated rings. The molecule has 0 bridgehead atoms. The molecule has 0 saturated carbocycles. The third-order valence-electron chi connectivity index (χ3n) is 4.38. The zero-order valence-corrected chi connectivity index (χ0v) is 15.2. The Morgan fingerprint density at radius 3 is 2.31 bits per heavy atom. The smallest absolute Gasteiger partial charge is 0.416 e. The van der Waals surface area contributed by atoms with Gasteiger partial charge in [-0.15, -0.1) is 0 Å². The number of aromatic nitrogens is 1. The average molecular weight is 409 g/mol. The quantitative estimate of drug-likeness (QED) is 0.193. The molecule has 6 nitrogen and oxygen atoms in total. The number of phenolic OH excluding ortho intramolecular Hbond substituents is 1. The van der Waals surface area contributed by atoms with Crippen molar-refractivity contribution in [3.05, 3.63) is 58.7 Å². The van der Waals surface area contributed by atoms with Gasteiger partial charge >= 0.3 is 6.18 Å². The minimum atomic E-state index is -4.79. The van der Waals surface area contributed by atoms with Crippen LogP contribution in [0.4, 0.5) is 17.6 Å². The first kappa shape index (κ1) is 20.2. The maximum atomic E-state index is 14.6. The summed E-state index contributed by atoms with van der Waals surface area (Å²) in [5.41, 5.74) is 4.50. The third kappa shape index (κ3) is 3.60. The molecule has 0 unspecified atom stereocenters. The summed E-state index contributed by atoms with van der Waals surface area (Å²) < 4.78 is 60.3. The van der Waals surface area contributed by atoms with Crippen LogP contribution < -0.4 is 5.73 Å². The van der Waals surface area contributed by atoms with Crippen molar-refractivity contribution in [2.75, 3.05) is 0 Å². The van der Waals surface area contributed by atoms with E-state index in [1.165, 1.54) is 6.92 Å². The van der Waals surface area contributed by atoms with E-state index in [-0.39, 0.29) is 33.6 Å². The molecule has 0 aliphatic rings. The predicted octanol–water partition coefficient (Wildman–Crippen LogP) is 4.58. The first-order valence-corrected chi connectivity index (χ1v) is 8.19. The molecular formula is C19H15F4N3O3. The van der Waals surface area contributed by atoms with Crippen LogP contribution >= 0.6 is 0 Å². The standard InChI is InChI=1S/C19H15F4N3O3/c1-8-16(9(2)29-26-8)17-13(12-4-3-11(27)7-15(12)20)5-10(19(21,22)23)6-14(17)18(24)25-28/h3-7,27-28H,1-2H3,(H2,24,25). The summed E-state index contributed by atoms with van der Waals surface area (Å²) in [6.45, 7) is 3.08. The van der Waals surface area contributed by atoms with Crippen molar-refractivity contribution in [1.82, 2.24) is 5.16 Å². The second kappa shape index (κ2) is 7.12. The van der Waals surface area contributed by atoms with Gasteiger partial charge in [0.2, 0.25) is 0 Å². The van der Waals surface area contributed by atoms with Crippen molar-refractivity contribution in [1.29, 1.82) is 0 Å². The number of oxime groups is 1. The Balaban J connectivity index is 2.53. The molecule has 0 aliphatic carbocycles. The Hall–Kier alpha value is -3.56. The highest BCUT2D eigenvalue weighted by Gasteiger charge is 2.34. The maximum absolute atomic E-state index is 14.6. The molecule has 0 aliphatic heterocycles. The summed E-state index contributed by atoms with van der Waals surface area (Å²) in [5, 5.41) is 25.2. The number of aryl methyl sites for hydroxylation is 2. The lowest BCUT2D eigenvalue weighted by molar-refractivity contribution is -0.137. The molecule has 2 aromatic carbocycles. The van der Waals surface area contributed by atoms with E-state index < -0.39 is 29.1 Å². The van der Waals surface area contributed by atoms with Gasteiger partial charge in [-0.1, -0.05) is 10.3 Å². The molecule has 0 radical (unpaired) electrons. The molecule has 0 amide bonds. The first-order chi connectivity index (χ1) is 13.5. The van der Waals surface area contributed by atoms with Crippen LogP contribution in [0.5, 0.6) is 5.75 Å². The lowest BCUT2D eigenvalue weighted by Gasteiger charge is -2.19. The number of halogens is 4. The molecule has 0 atom stereocenters. The van der Waals surface area contributed by atoms with E-state index in [9.17, 15) is 22.7 Å². The number of nitrogens with two attached hydrogens (primary N) is 1. The van der Waals surface area contributed by atoms with Gasteiger partial charge in [-0.2, -0.15) is 13.2 Å². The van der Waals surface area contributed by atoms with Gasteiger partial charge < -0.3 is 20.6 Å². The van der Waals surface area contributed by atoms with Crippen molar-refractivity contribution < 1.29 is 32.4 Å². The Morgan fingerprint density at radius 1 is 1.10 bits per heavy atom. The molecule has 152 valence electrons. The normalized spacial score (nSPS) is 12.4. The molecule has 0 spiro atoms. The van der Waals surface area contributed by atoms with Crippen LogP contribution in [0.25, 0.3) is 22.3 Å². The molecule has 1 aromatic heterocycles. The fourth-order valence-electron chi connectivity index (χ4n) is 3.11. The van der Waals surface area contributed by atoms with Gasteiger partial charge in [0.25, 0.3) is 0 Å². The van der Waals surface area contributed by atoms with Crippen LogP contribution in [-0.4, -0.2) is 21.3 Å². The van der Waals surface area contributed by atoms with Crippen LogP contribution in [0.1, 0.15) is 22.6 Å². The van der Waals surface area contributed by atoms with E-state index in [1.54, 1.807) is 6.92 Å². The Morgan fingerprint density at radius 2 is 1.79 bits per heavy atom. The lowest BCUT2D eigenvalue weighted by Crippen LogP contribution is -2.17. The Kier molecular flexibility index (Phi) is 4.95. The zero-order valence-electron chi connectivity index (χ0n) is 15.2. The highest BCUT2D eigenvalue weighted by Crippen LogP contribution is 2.43. The van der Waals surface area contributed by atoms with Crippen LogP contribution in [-0.2, 0) is 6.18 Å². The number of amidine groups is 1. The number of benzene rings is 2. The predicted molar refractivity (Wildman–Crippen MR) is 96.0 cm³/mol. The van der Waals surface area contributed by atoms with E-state index in [2.05, 4.69) is 10.3 Å². The summed E-state index contributed by atoms with van der Waals surface area (Å²) in [4.78, 5) is 0. The van der Waals surface area contributed by atoms with Gasteiger partial charge in [-0.3, -0.25) is 0 Å². The van der Waals surface area contributed by atoms with Crippen LogP contribution in [0.15, 0.2) is 40.0 Å². The second-order valence-corrected chi connectivity index (χ2v) is 6.29. The molecule has 29 heavy (non-hydrogen) atoms. The van der Waals surface area contributed by atoms with Gasteiger partial charge in [0.15, 0.2) is 5.84 Å². The summed E-state index contributed by atoms with van der Waals surface area (Å²) in [6, 6.07) is 4.51. The Bertz CT molecular complexity index is 1100. The molecule has 10 heteroatoms. The fraction of sp³-hybridized carbons (Fsp3) is 0.158.